The monoisotopic (exact) mass is 224 g/mol. The number of benzene rings is 1. The van der Waals surface area contributed by atoms with Crippen molar-refractivity contribution in [3.8, 4) is 11.5 Å². The molecule has 0 radical (unpaired) electrons. The standard InChI is InChI=1S/C13H20O3/c1-3-9-16-13-10-11(5-4-8-14)6-7-12(13)15-2/h6-7,10,14H,3-5,8-9H2,1-2H3. The molecule has 3 nitrogen and oxygen atoms in total. The van der Waals surface area contributed by atoms with E-state index in [0.29, 0.717) is 6.61 Å². The van der Waals surface area contributed by atoms with Gasteiger partial charge in [0.25, 0.3) is 0 Å². The van der Waals surface area contributed by atoms with Gasteiger partial charge in [-0.05, 0) is 37.0 Å². The first kappa shape index (κ1) is 12.8. The van der Waals surface area contributed by atoms with E-state index in [-0.39, 0.29) is 6.61 Å². The van der Waals surface area contributed by atoms with Gasteiger partial charge in [0.15, 0.2) is 11.5 Å². The molecule has 0 saturated carbocycles. The molecule has 1 aromatic carbocycles. The van der Waals surface area contributed by atoms with Crippen LogP contribution in [0, 0.1) is 0 Å². The van der Waals surface area contributed by atoms with Crippen molar-refractivity contribution in [2.24, 2.45) is 0 Å². The zero-order valence-corrected chi connectivity index (χ0v) is 10.0. The van der Waals surface area contributed by atoms with Crippen molar-refractivity contribution in [2.45, 2.75) is 26.2 Å². The summed E-state index contributed by atoms with van der Waals surface area (Å²) in [6.45, 7) is 2.99. The lowest BCUT2D eigenvalue weighted by Crippen LogP contribution is -1.99. The minimum absolute atomic E-state index is 0.219. The van der Waals surface area contributed by atoms with E-state index in [1.54, 1.807) is 7.11 Å². The molecule has 0 aliphatic heterocycles. The van der Waals surface area contributed by atoms with Gasteiger partial charge in [-0.1, -0.05) is 13.0 Å². The predicted octanol–water partition coefficient (Wildman–Crippen LogP) is 2.41. The molecule has 0 bridgehead atoms. The summed E-state index contributed by atoms with van der Waals surface area (Å²) in [6, 6.07) is 5.91. The Morgan fingerprint density at radius 1 is 1.25 bits per heavy atom. The first-order valence-corrected chi connectivity index (χ1v) is 5.72. The third-order valence-electron chi connectivity index (χ3n) is 2.31. The van der Waals surface area contributed by atoms with E-state index < -0.39 is 0 Å². The molecule has 90 valence electrons. The van der Waals surface area contributed by atoms with Gasteiger partial charge in [0.05, 0.1) is 13.7 Å². The number of aryl methyl sites for hydroxylation is 1. The van der Waals surface area contributed by atoms with E-state index in [1.807, 2.05) is 18.2 Å². The van der Waals surface area contributed by atoms with Crippen LogP contribution in [-0.2, 0) is 6.42 Å². The average molecular weight is 224 g/mol. The number of ether oxygens (including phenoxy) is 2. The van der Waals surface area contributed by atoms with Gasteiger partial charge >= 0.3 is 0 Å². The maximum atomic E-state index is 8.78. The van der Waals surface area contributed by atoms with E-state index in [4.69, 9.17) is 14.6 Å². The molecule has 1 N–H and O–H groups in total. The van der Waals surface area contributed by atoms with Crippen LogP contribution in [0.2, 0.25) is 0 Å². The van der Waals surface area contributed by atoms with Crippen LogP contribution in [0.4, 0.5) is 0 Å². The summed E-state index contributed by atoms with van der Waals surface area (Å²) in [5, 5.41) is 8.78. The summed E-state index contributed by atoms with van der Waals surface area (Å²) < 4.78 is 10.8. The molecule has 0 atom stereocenters. The van der Waals surface area contributed by atoms with E-state index >= 15 is 0 Å². The molecule has 1 aromatic rings. The summed E-state index contributed by atoms with van der Waals surface area (Å²) in [5.41, 5.74) is 1.17. The van der Waals surface area contributed by atoms with Crippen molar-refractivity contribution in [3.05, 3.63) is 23.8 Å². The fourth-order valence-electron chi connectivity index (χ4n) is 1.48. The predicted molar refractivity (Wildman–Crippen MR) is 64.2 cm³/mol. The fraction of sp³-hybridized carbons (Fsp3) is 0.538. The summed E-state index contributed by atoms with van der Waals surface area (Å²) in [4.78, 5) is 0. The lowest BCUT2D eigenvalue weighted by molar-refractivity contribution is 0.287. The van der Waals surface area contributed by atoms with Crippen LogP contribution in [0.1, 0.15) is 25.3 Å². The largest absolute Gasteiger partial charge is 0.493 e. The highest BCUT2D eigenvalue weighted by molar-refractivity contribution is 5.43. The van der Waals surface area contributed by atoms with Gasteiger partial charge in [-0.2, -0.15) is 0 Å². The van der Waals surface area contributed by atoms with Crippen molar-refractivity contribution in [2.75, 3.05) is 20.3 Å². The molecule has 0 saturated heterocycles. The summed E-state index contributed by atoms with van der Waals surface area (Å²) in [5.74, 6) is 1.56. The highest BCUT2D eigenvalue weighted by Crippen LogP contribution is 2.28. The van der Waals surface area contributed by atoms with Crippen LogP contribution in [0.25, 0.3) is 0 Å². The Kier molecular flexibility index (Phi) is 5.72. The summed E-state index contributed by atoms with van der Waals surface area (Å²) in [7, 11) is 1.64. The molecule has 0 aliphatic carbocycles. The normalized spacial score (nSPS) is 10.2. The molecule has 16 heavy (non-hydrogen) atoms. The topological polar surface area (TPSA) is 38.7 Å². The molecule has 0 fully saturated rings. The van der Waals surface area contributed by atoms with Gasteiger partial charge in [-0.25, -0.2) is 0 Å². The molecule has 0 aliphatic rings. The van der Waals surface area contributed by atoms with E-state index in [0.717, 1.165) is 30.8 Å². The number of aliphatic hydroxyl groups is 1. The maximum absolute atomic E-state index is 8.78. The summed E-state index contributed by atoms with van der Waals surface area (Å²) >= 11 is 0. The third-order valence-corrected chi connectivity index (χ3v) is 2.31. The molecule has 0 unspecified atom stereocenters. The van der Waals surface area contributed by atoms with Crippen molar-refractivity contribution in [1.82, 2.24) is 0 Å². The Morgan fingerprint density at radius 3 is 2.69 bits per heavy atom. The van der Waals surface area contributed by atoms with Gasteiger partial charge in [-0.3, -0.25) is 0 Å². The zero-order valence-electron chi connectivity index (χ0n) is 10.0. The van der Waals surface area contributed by atoms with Gasteiger partial charge in [0, 0.05) is 6.61 Å². The minimum atomic E-state index is 0.219. The first-order valence-electron chi connectivity index (χ1n) is 5.72. The number of hydrogen-bond acceptors (Lipinski definition) is 3. The molecule has 1 rings (SSSR count). The highest BCUT2D eigenvalue weighted by Gasteiger charge is 2.05. The quantitative estimate of drug-likeness (QED) is 0.773. The van der Waals surface area contributed by atoms with Crippen molar-refractivity contribution < 1.29 is 14.6 Å². The van der Waals surface area contributed by atoms with Crippen LogP contribution in [0.15, 0.2) is 18.2 Å². The Balaban J connectivity index is 2.74. The second-order valence-electron chi connectivity index (χ2n) is 3.66. The fourth-order valence-corrected chi connectivity index (χ4v) is 1.48. The van der Waals surface area contributed by atoms with Crippen LogP contribution < -0.4 is 9.47 Å². The van der Waals surface area contributed by atoms with E-state index in [9.17, 15) is 0 Å². The van der Waals surface area contributed by atoms with Gasteiger partial charge in [-0.15, -0.1) is 0 Å². The first-order chi connectivity index (χ1) is 7.81. The molecule has 0 spiro atoms. The number of aliphatic hydroxyl groups excluding tert-OH is 1. The van der Waals surface area contributed by atoms with Gasteiger partial charge in [0.2, 0.25) is 0 Å². The van der Waals surface area contributed by atoms with Crippen molar-refractivity contribution in [1.29, 1.82) is 0 Å². The zero-order chi connectivity index (χ0) is 11.8. The van der Waals surface area contributed by atoms with Crippen molar-refractivity contribution in [3.63, 3.8) is 0 Å². The number of rotatable bonds is 7. The maximum Gasteiger partial charge on any atom is 0.161 e. The van der Waals surface area contributed by atoms with Crippen LogP contribution in [0.5, 0.6) is 11.5 Å². The smallest absolute Gasteiger partial charge is 0.161 e. The SMILES string of the molecule is CCCOc1cc(CCCO)ccc1OC. The molecule has 3 heteroatoms. The average Bonchev–Trinajstić information content (AvgIpc) is 2.33. The second-order valence-corrected chi connectivity index (χ2v) is 3.66. The van der Waals surface area contributed by atoms with Crippen LogP contribution in [-0.4, -0.2) is 25.4 Å². The summed E-state index contributed by atoms with van der Waals surface area (Å²) in [6.07, 6.45) is 2.62. The Bertz CT molecular complexity index is 310. The van der Waals surface area contributed by atoms with E-state index in [1.165, 1.54) is 5.56 Å². The molecular weight excluding hydrogens is 204 g/mol. The molecular formula is C13H20O3. The Hall–Kier alpha value is -1.22. The number of hydrogen-bond donors (Lipinski definition) is 1. The molecule has 0 amide bonds. The minimum Gasteiger partial charge on any atom is -0.493 e. The third kappa shape index (κ3) is 3.74. The van der Waals surface area contributed by atoms with Crippen molar-refractivity contribution >= 4 is 0 Å². The van der Waals surface area contributed by atoms with Crippen LogP contribution in [0.3, 0.4) is 0 Å². The van der Waals surface area contributed by atoms with Gasteiger partial charge < -0.3 is 14.6 Å². The second kappa shape index (κ2) is 7.12. The molecule has 0 aromatic heterocycles. The van der Waals surface area contributed by atoms with Gasteiger partial charge in [0.1, 0.15) is 0 Å². The lowest BCUT2D eigenvalue weighted by atomic mass is 10.1. The lowest BCUT2D eigenvalue weighted by Gasteiger charge is -2.11. The number of methoxy groups -OCH3 is 1. The van der Waals surface area contributed by atoms with E-state index in [2.05, 4.69) is 6.92 Å². The molecule has 0 heterocycles. The Labute approximate surface area is 97.0 Å². The Morgan fingerprint density at radius 2 is 2.06 bits per heavy atom. The highest BCUT2D eigenvalue weighted by atomic mass is 16.5. The van der Waals surface area contributed by atoms with Crippen LogP contribution >= 0.6 is 0 Å².